The third-order valence-electron chi connectivity index (χ3n) is 4.38. The minimum atomic E-state index is 0.341. The molecule has 1 aromatic heterocycles. The summed E-state index contributed by atoms with van der Waals surface area (Å²) < 4.78 is 5.33. The molecule has 0 spiro atoms. The van der Waals surface area contributed by atoms with Crippen molar-refractivity contribution in [1.29, 1.82) is 0 Å². The third kappa shape index (κ3) is 2.05. The summed E-state index contributed by atoms with van der Waals surface area (Å²) in [6, 6.07) is 0. The zero-order valence-electron chi connectivity index (χ0n) is 11.7. The molecule has 4 nitrogen and oxygen atoms in total. The van der Waals surface area contributed by atoms with Crippen LogP contribution < -0.4 is 4.90 Å². The maximum Gasteiger partial charge on any atom is 0.265 e. The Balaban J connectivity index is 2.04. The minimum Gasteiger partial charge on any atom is -0.344 e. The molecule has 1 heterocycles. The van der Waals surface area contributed by atoms with Gasteiger partial charge in [0.05, 0.1) is 0 Å². The van der Waals surface area contributed by atoms with E-state index in [1.807, 2.05) is 19.0 Å². The highest BCUT2D eigenvalue weighted by Gasteiger charge is 2.50. The Labute approximate surface area is 103 Å². The monoisotopic (exact) mass is 237 g/mol. The second-order valence-corrected chi connectivity index (χ2v) is 6.74. The van der Waals surface area contributed by atoms with Crippen LogP contribution in [0.5, 0.6) is 0 Å². The smallest absolute Gasteiger partial charge is 0.265 e. The molecule has 0 bridgehead atoms. The first-order chi connectivity index (χ1) is 7.73. The molecule has 96 valence electrons. The molecule has 1 aromatic rings. The third-order valence-corrected chi connectivity index (χ3v) is 4.38. The molecule has 0 atom stereocenters. The lowest BCUT2D eigenvalue weighted by molar-refractivity contribution is -0.0121. The van der Waals surface area contributed by atoms with Crippen LogP contribution in [0.15, 0.2) is 4.52 Å². The molecule has 0 aromatic carbocycles. The van der Waals surface area contributed by atoms with Crippen LogP contribution in [0.3, 0.4) is 0 Å². The van der Waals surface area contributed by atoms with Crippen LogP contribution >= 0.6 is 0 Å². The van der Waals surface area contributed by atoms with Crippen LogP contribution in [0.4, 0.5) is 5.95 Å². The predicted molar refractivity (Wildman–Crippen MR) is 68.2 cm³/mol. The van der Waals surface area contributed by atoms with E-state index in [1.54, 1.807) is 0 Å². The fraction of sp³-hybridized carbons (Fsp3) is 0.846. The molecule has 0 aliphatic heterocycles. The van der Waals surface area contributed by atoms with E-state index in [4.69, 9.17) is 4.52 Å². The lowest BCUT2D eigenvalue weighted by atomic mass is 9.52. The number of anilines is 1. The van der Waals surface area contributed by atoms with E-state index in [1.165, 1.54) is 0 Å². The van der Waals surface area contributed by atoms with Crippen molar-refractivity contribution in [2.24, 2.45) is 10.8 Å². The minimum absolute atomic E-state index is 0.341. The highest BCUT2D eigenvalue weighted by atomic mass is 16.5. The van der Waals surface area contributed by atoms with Gasteiger partial charge in [0.25, 0.3) is 5.95 Å². The first-order valence-electron chi connectivity index (χ1n) is 6.24. The van der Waals surface area contributed by atoms with E-state index < -0.39 is 0 Å². The van der Waals surface area contributed by atoms with Crippen molar-refractivity contribution in [1.82, 2.24) is 10.1 Å². The zero-order valence-corrected chi connectivity index (χ0v) is 11.7. The normalized spacial score (nSPS) is 28.9. The zero-order chi connectivity index (χ0) is 12.8. The number of rotatable bonds is 2. The fourth-order valence-corrected chi connectivity index (χ4v) is 2.39. The van der Waals surface area contributed by atoms with Crippen molar-refractivity contribution < 1.29 is 4.52 Å². The van der Waals surface area contributed by atoms with Crippen molar-refractivity contribution >= 4 is 5.95 Å². The molecule has 0 unspecified atom stereocenters. The molecular weight excluding hydrogens is 214 g/mol. The Hall–Kier alpha value is -1.06. The summed E-state index contributed by atoms with van der Waals surface area (Å²) in [4.78, 5) is 6.30. The van der Waals surface area contributed by atoms with Gasteiger partial charge in [0, 0.05) is 20.0 Å². The Bertz CT molecular complexity index is 397. The van der Waals surface area contributed by atoms with Gasteiger partial charge < -0.3 is 9.42 Å². The second-order valence-electron chi connectivity index (χ2n) is 6.74. The van der Waals surface area contributed by atoms with Gasteiger partial charge in [-0.05, 0) is 28.8 Å². The maximum absolute atomic E-state index is 5.33. The Morgan fingerprint density at radius 3 is 2.29 bits per heavy atom. The average Bonchev–Trinajstić information content (AvgIpc) is 2.59. The van der Waals surface area contributed by atoms with Gasteiger partial charge >= 0.3 is 0 Å². The molecule has 1 fully saturated rings. The summed E-state index contributed by atoms with van der Waals surface area (Å²) in [7, 11) is 3.85. The van der Waals surface area contributed by atoms with Crippen LogP contribution in [-0.4, -0.2) is 24.2 Å². The van der Waals surface area contributed by atoms with Gasteiger partial charge in [-0.15, -0.1) is 0 Å². The summed E-state index contributed by atoms with van der Waals surface area (Å²) in [5.41, 5.74) is 0.734. The molecule has 0 saturated heterocycles. The molecule has 1 aliphatic carbocycles. The first kappa shape index (κ1) is 12.4. The average molecular weight is 237 g/mol. The molecule has 0 radical (unpaired) electrons. The number of aromatic nitrogens is 2. The summed E-state index contributed by atoms with van der Waals surface area (Å²) in [5.74, 6) is 1.92. The van der Waals surface area contributed by atoms with Crippen LogP contribution in [0.25, 0.3) is 0 Å². The summed E-state index contributed by atoms with van der Waals surface area (Å²) >= 11 is 0. The van der Waals surface area contributed by atoms with Crippen LogP contribution in [0.2, 0.25) is 0 Å². The highest BCUT2D eigenvalue weighted by Crippen LogP contribution is 2.59. The number of hydrogen-bond acceptors (Lipinski definition) is 4. The van der Waals surface area contributed by atoms with Crippen molar-refractivity contribution in [2.45, 2.75) is 46.5 Å². The van der Waals surface area contributed by atoms with E-state index >= 15 is 0 Å². The topological polar surface area (TPSA) is 42.2 Å². The summed E-state index contributed by atoms with van der Waals surface area (Å²) in [6.45, 7) is 9.28. The quantitative estimate of drug-likeness (QED) is 0.792. The van der Waals surface area contributed by atoms with Crippen molar-refractivity contribution in [3.63, 3.8) is 0 Å². The fourth-order valence-electron chi connectivity index (χ4n) is 2.39. The predicted octanol–water partition coefficient (Wildman–Crippen LogP) is 3.07. The van der Waals surface area contributed by atoms with Crippen LogP contribution in [0.1, 0.15) is 52.3 Å². The molecule has 0 N–H and O–H groups in total. The van der Waals surface area contributed by atoms with Crippen molar-refractivity contribution in [2.75, 3.05) is 19.0 Å². The molecule has 1 aliphatic rings. The van der Waals surface area contributed by atoms with Crippen molar-refractivity contribution in [3.8, 4) is 0 Å². The van der Waals surface area contributed by atoms with Crippen LogP contribution in [0, 0.1) is 10.8 Å². The van der Waals surface area contributed by atoms with Crippen LogP contribution in [-0.2, 0) is 0 Å². The largest absolute Gasteiger partial charge is 0.344 e. The van der Waals surface area contributed by atoms with E-state index in [-0.39, 0.29) is 0 Å². The summed E-state index contributed by atoms with van der Waals surface area (Å²) in [6.07, 6.45) is 2.29. The first-order valence-corrected chi connectivity index (χ1v) is 6.24. The molecule has 4 heteroatoms. The molecule has 1 saturated carbocycles. The van der Waals surface area contributed by atoms with Crippen molar-refractivity contribution in [3.05, 3.63) is 5.89 Å². The standard InChI is InChI=1S/C13H23N3O/c1-12(2,3)13(4)7-9(8-13)10-14-11(15-17-10)16(5)6/h9H,7-8H2,1-6H3. The van der Waals surface area contributed by atoms with Gasteiger partial charge in [-0.3, -0.25) is 0 Å². The molecule has 0 amide bonds. The lowest BCUT2D eigenvalue weighted by Crippen LogP contribution is -2.43. The highest BCUT2D eigenvalue weighted by molar-refractivity contribution is 5.25. The van der Waals surface area contributed by atoms with E-state index in [0.29, 0.717) is 22.7 Å². The molecule has 17 heavy (non-hydrogen) atoms. The second kappa shape index (κ2) is 3.72. The van der Waals surface area contributed by atoms with E-state index in [0.717, 1.165) is 18.7 Å². The van der Waals surface area contributed by atoms with Gasteiger partial charge in [0.1, 0.15) is 0 Å². The van der Waals surface area contributed by atoms with Gasteiger partial charge in [-0.2, -0.15) is 4.98 Å². The van der Waals surface area contributed by atoms with Gasteiger partial charge in [-0.25, -0.2) is 0 Å². The molecular formula is C13H23N3O. The molecule has 2 rings (SSSR count). The van der Waals surface area contributed by atoms with Gasteiger partial charge in [-0.1, -0.05) is 27.7 Å². The van der Waals surface area contributed by atoms with E-state index in [9.17, 15) is 0 Å². The van der Waals surface area contributed by atoms with Gasteiger partial charge in [0.2, 0.25) is 5.89 Å². The summed E-state index contributed by atoms with van der Waals surface area (Å²) in [5, 5.41) is 3.97. The van der Waals surface area contributed by atoms with Gasteiger partial charge in [0.15, 0.2) is 0 Å². The maximum atomic E-state index is 5.33. The SMILES string of the molecule is CN(C)c1noc(C2CC(C)(C(C)(C)C)C2)n1. The lowest BCUT2D eigenvalue weighted by Gasteiger charge is -2.52. The Morgan fingerprint density at radius 1 is 1.29 bits per heavy atom. The number of nitrogens with zero attached hydrogens (tertiary/aromatic N) is 3. The Kier molecular flexibility index (Phi) is 2.71. The number of hydrogen-bond donors (Lipinski definition) is 0. The van der Waals surface area contributed by atoms with E-state index in [2.05, 4.69) is 37.8 Å². The Morgan fingerprint density at radius 2 is 1.88 bits per heavy atom.